The van der Waals surface area contributed by atoms with Crippen molar-refractivity contribution in [2.24, 2.45) is 0 Å². The van der Waals surface area contributed by atoms with Crippen molar-refractivity contribution in [2.45, 2.75) is 6.35 Å². The molecule has 172 valence electrons. The number of aliphatic hydroxyl groups excluding tert-OH is 1. The third-order valence-corrected chi connectivity index (χ3v) is 5.36. The van der Waals surface area contributed by atoms with Crippen LogP contribution in [0.2, 0.25) is 0 Å². The minimum Gasteiger partial charge on any atom is -0.361 e. The Morgan fingerprint density at radius 2 is 1.88 bits per heavy atom. The van der Waals surface area contributed by atoms with Crippen molar-refractivity contribution < 1.29 is 9.90 Å². The second-order valence-electron chi connectivity index (χ2n) is 7.88. The van der Waals surface area contributed by atoms with E-state index in [2.05, 4.69) is 45.8 Å². The summed E-state index contributed by atoms with van der Waals surface area (Å²) in [5.41, 5.74) is 4.95. The Balaban J connectivity index is 1.56. The first-order chi connectivity index (χ1) is 16.4. The van der Waals surface area contributed by atoms with Crippen LogP contribution in [0.1, 0.15) is 10.4 Å². The monoisotopic (exact) mass is 458 g/mol. The summed E-state index contributed by atoms with van der Waals surface area (Å²) in [6.07, 6.45) is 7.33. The fraction of sp³-hybridized carbons (Fsp3) is 0.182. The zero-order chi connectivity index (χ0) is 23.8. The number of H-pyrrole nitrogens is 2. The fourth-order valence-electron chi connectivity index (χ4n) is 3.54. The van der Waals surface area contributed by atoms with Crippen molar-refractivity contribution in [3.05, 3.63) is 48.7 Å². The van der Waals surface area contributed by atoms with Crippen LogP contribution in [0.3, 0.4) is 0 Å². The number of nitrogens with zero attached hydrogens (tertiary/aromatic N) is 6. The number of anilines is 1. The quantitative estimate of drug-likeness (QED) is 0.238. The lowest BCUT2D eigenvalue weighted by Crippen LogP contribution is -2.34. The van der Waals surface area contributed by atoms with Gasteiger partial charge in [-0.05, 0) is 26.2 Å². The number of nitrogens with one attached hydrogen (secondary N) is 4. The van der Waals surface area contributed by atoms with Crippen LogP contribution in [-0.2, 0) is 0 Å². The van der Waals surface area contributed by atoms with E-state index in [1.807, 2.05) is 12.1 Å². The topological polar surface area (TPSA) is 161 Å². The number of carbonyl (C=O) groups is 1. The molecular weight excluding hydrogens is 436 g/mol. The Hall–Kier alpha value is -4.42. The highest BCUT2D eigenvalue weighted by atomic mass is 16.3. The Morgan fingerprint density at radius 3 is 2.68 bits per heavy atom. The first-order valence-corrected chi connectivity index (χ1v) is 10.4. The summed E-state index contributed by atoms with van der Waals surface area (Å²) < 4.78 is 0. The third-order valence-electron chi connectivity index (χ3n) is 5.36. The van der Waals surface area contributed by atoms with Gasteiger partial charge >= 0.3 is 0 Å². The van der Waals surface area contributed by atoms with Gasteiger partial charge in [-0.1, -0.05) is 0 Å². The van der Waals surface area contributed by atoms with Gasteiger partial charge in [0.2, 0.25) is 0 Å². The van der Waals surface area contributed by atoms with Gasteiger partial charge < -0.3 is 20.7 Å². The summed E-state index contributed by atoms with van der Waals surface area (Å²) in [6.45, 7) is 0. The Bertz CT molecular complexity index is 1510. The van der Waals surface area contributed by atoms with Crippen molar-refractivity contribution in [1.29, 1.82) is 0 Å². The SMILES string of the molecule is CNC(=O)c1cncc2[nH]c(-c3n[nH]c4ncc(-c5cncc(NC(O)N(C)C)c5)cc34)nc12. The zero-order valence-corrected chi connectivity index (χ0v) is 18.7. The van der Waals surface area contributed by atoms with Gasteiger partial charge in [-0.3, -0.25) is 24.8 Å². The lowest BCUT2D eigenvalue weighted by Gasteiger charge is -2.20. The second kappa shape index (κ2) is 8.50. The van der Waals surface area contributed by atoms with Gasteiger partial charge in [0.05, 0.1) is 34.5 Å². The predicted molar refractivity (Wildman–Crippen MR) is 127 cm³/mol. The minimum atomic E-state index is -0.847. The van der Waals surface area contributed by atoms with E-state index in [1.165, 1.54) is 6.20 Å². The van der Waals surface area contributed by atoms with Crippen LogP contribution in [0.15, 0.2) is 43.1 Å². The summed E-state index contributed by atoms with van der Waals surface area (Å²) in [4.78, 5) is 34.5. The van der Waals surface area contributed by atoms with Crippen LogP contribution < -0.4 is 10.6 Å². The van der Waals surface area contributed by atoms with Gasteiger partial charge in [0, 0.05) is 36.8 Å². The summed E-state index contributed by atoms with van der Waals surface area (Å²) in [7, 11) is 5.09. The van der Waals surface area contributed by atoms with E-state index in [0.717, 1.165) is 16.5 Å². The molecule has 5 rings (SSSR count). The summed E-state index contributed by atoms with van der Waals surface area (Å²) in [5, 5.41) is 23.7. The lowest BCUT2D eigenvalue weighted by molar-refractivity contribution is 0.0659. The number of fused-ring (bicyclic) bond motifs is 2. The maximum absolute atomic E-state index is 12.2. The molecule has 34 heavy (non-hydrogen) atoms. The summed E-state index contributed by atoms with van der Waals surface area (Å²) in [6, 6.07) is 3.82. The number of hydrogen-bond donors (Lipinski definition) is 5. The number of hydrogen-bond acceptors (Lipinski definition) is 9. The van der Waals surface area contributed by atoms with Gasteiger partial charge in [-0.15, -0.1) is 0 Å². The molecule has 0 aliphatic heterocycles. The smallest absolute Gasteiger partial charge is 0.254 e. The lowest BCUT2D eigenvalue weighted by atomic mass is 10.1. The summed E-state index contributed by atoms with van der Waals surface area (Å²) >= 11 is 0. The van der Waals surface area contributed by atoms with Crippen LogP contribution in [0.25, 0.3) is 44.7 Å². The second-order valence-corrected chi connectivity index (χ2v) is 7.88. The van der Waals surface area contributed by atoms with E-state index in [4.69, 9.17) is 0 Å². The standard InChI is InChI=1S/C22H22N10O2/c1-23-21(33)15-9-25-10-16-17(15)29-20(28-16)18-14-5-12(7-26-19(14)31-30-18)11-4-13(8-24-6-11)27-22(34)32(2)3/h4-10,22,27,34H,1-3H3,(H,23,33)(H,28,29)(H,26,30,31). The highest BCUT2D eigenvalue weighted by Gasteiger charge is 2.18. The first-order valence-electron chi connectivity index (χ1n) is 10.4. The molecule has 1 unspecified atom stereocenters. The molecule has 5 aromatic rings. The molecule has 5 aromatic heterocycles. The Kier molecular flexibility index (Phi) is 5.36. The third kappa shape index (κ3) is 3.80. The molecule has 1 atom stereocenters. The van der Waals surface area contributed by atoms with Crippen LogP contribution in [-0.4, -0.2) is 78.5 Å². The van der Waals surface area contributed by atoms with E-state index < -0.39 is 6.35 Å². The van der Waals surface area contributed by atoms with Crippen molar-refractivity contribution in [3.63, 3.8) is 0 Å². The molecule has 0 fully saturated rings. The number of amides is 1. The Morgan fingerprint density at radius 1 is 1.09 bits per heavy atom. The van der Waals surface area contributed by atoms with Crippen LogP contribution in [0.5, 0.6) is 0 Å². The maximum Gasteiger partial charge on any atom is 0.254 e. The number of aromatic nitrogens is 7. The molecule has 5 heterocycles. The molecule has 0 radical (unpaired) electrons. The molecule has 0 aliphatic rings. The van der Waals surface area contributed by atoms with Gasteiger partial charge in [-0.25, -0.2) is 9.97 Å². The number of aromatic amines is 2. The van der Waals surface area contributed by atoms with Gasteiger partial charge in [0.1, 0.15) is 11.2 Å². The van der Waals surface area contributed by atoms with Crippen LogP contribution >= 0.6 is 0 Å². The summed E-state index contributed by atoms with van der Waals surface area (Å²) in [5.74, 6) is 0.216. The highest BCUT2D eigenvalue weighted by molar-refractivity contribution is 6.05. The number of rotatable bonds is 6. The maximum atomic E-state index is 12.2. The fourth-order valence-corrected chi connectivity index (χ4v) is 3.54. The van der Waals surface area contributed by atoms with Crippen molar-refractivity contribution in [2.75, 3.05) is 26.5 Å². The molecule has 0 aromatic carbocycles. The first kappa shape index (κ1) is 21.4. The van der Waals surface area contributed by atoms with E-state index in [9.17, 15) is 9.90 Å². The van der Waals surface area contributed by atoms with Gasteiger partial charge in [-0.2, -0.15) is 5.10 Å². The molecule has 0 bridgehead atoms. The molecular formula is C22H22N10O2. The largest absolute Gasteiger partial charge is 0.361 e. The number of aliphatic hydroxyl groups is 1. The van der Waals surface area contributed by atoms with E-state index >= 15 is 0 Å². The molecule has 0 aliphatic carbocycles. The molecule has 0 saturated heterocycles. The van der Waals surface area contributed by atoms with E-state index in [1.54, 1.807) is 50.8 Å². The van der Waals surface area contributed by atoms with E-state index in [-0.39, 0.29) is 5.91 Å². The minimum absolute atomic E-state index is 0.271. The van der Waals surface area contributed by atoms with Crippen LogP contribution in [0, 0.1) is 0 Å². The van der Waals surface area contributed by atoms with E-state index in [0.29, 0.717) is 39.4 Å². The van der Waals surface area contributed by atoms with Crippen molar-refractivity contribution in [1.82, 2.24) is 45.3 Å². The molecule has 0 saturated carbocycles. The predicted octanol–water partition coefficient (Wildman–Crippen LogP) is 1.57. The normalized spacial score (nSPS) is 12.4. The zero-order valence-electron chi connectivity index (χ0n) is 18.7. The van der Waals surface area contributed by atoms with Crippen molar-refractivity contribution >= 4 is 33.7 Å². The number of carbonyl (C=O) groups excluding carboxylic acids is 1. The van der Waals surface area contributed by atoms with Gasteiger partial charge in [0.25, 0.3) is 5.91 Å². The van der Waals surface area contributed by atoms with Crippen LogP contribution in [0.4, 0.5) is 5.69 Å². The van der Waals surface area contributed by atoms with Gasteiger partial charge in [0.15, 0.2) is 17.8 Å². The Labute approximate surface area is 193 Å². The number of pyridine rings is 3. The average molecular weight is 458 g/mol. The molecule has 12 nitrogen and oxygen atoms in total. The average Bonchev–Trinajstić information content (AvgIpc) is 3.47. The molecule has 12 heteroatoms. The molecule has 5 N–H and O–H groups in total. The van der Waals surface area contributed by atoms with Crippen molar-refractivity contribution in [3.8, 4) is 22.6 Å². The molecule has 1 amide bonds. The highest BCUT2D eigenvalue weighted by Crippen LogP contribution is 2.30. The molecule has 0 spiro atoms. The number of imidazole rings is 1.